The van der Waals surface area contributed by atoms with Gasteiger partial charge >= 0.3 is 5.91 Å². The Morgan fingerprint density at radius 3 is 2.41 bits per heavy atom. The summed E-state index contributed by atoms with van der Waals surface area (Å²) in [6.45, 7) is 9.59. The van der Waals surface area contributed by atoms with Gasteiger partial charge < -0.3 is 15.2 Å². The lowest BCUT2D eigenvalue weighted by Crippen LogP contribution is -2.29. The third kappa shape index (κ3) is 7.66. The Hall–Kier alpha value is -3.86. The van der Waals surface area contributed by atoms with Gasteiger partial charge in [0.1, 0.15) is 17.6 Å². The van der Waals surface area contributed by atoms with Crippen molar-refractivity contribution in [3.8, 4) is 11.8 Å². The van der Waals surface area contributed by atoms with Crippen LogP contribution in [0.25, 0.3) is 0 Å². The van der Waals surface area contributed by atoms with Crippen LogP contribution in [-0.4, -0.2) is 41.5 Å². The summed E-state index contributed by atoms with van der Waals surface area (Å²) in [6, 6.07) is 7.97. The van der Waals surface area contributed by atoms with Crippen molar-refractivity contribution >= 4 is 35.5 Å². The maximum Gasteiger partial charge on any atom is 0.308 e. The van der Waals surface area contributed by atoms with Crippen molar-refractivity contribution in [3.63, 3.8) is 0 Å². The molecule has 3 saturated carbocycles. The molecule has 3 N–H and O–H groups in total. The molecule has 1 spiro atoms. The molecule has 3 aliphatic rings. The van der Waals surface area contributed by atoms with Crippen molar-refractivity contribution in [2.75, 3.05) is 17.3 Å². The predicted octanol–water partition coefficient (Wildman–Crippen LogP) is 7.10. The zero-order valence-corrected chi connectivity index (χ0v) is 25.3. The van der Waals surface area contributed by atoms with Crippen molar-refractivity contribution < 1.29 is 19.4 Å². The normalized spacial score (nSPS) is 17.8. The fourth-order valence-corrected chi connectivity index (χ4v) is 5.53. The van der Waals surface area contributed by atoms with Crippen LogP contribution < -0.4 is 10.2 Å². The van der Waals surface area contributed by atoms with Gasteiger partial charge in [0.15, 0.2) is 0 Å². The van der Waals surface area contributed by atoms with Gasteiger partial charge in [-0.25, -0.2) is 4.98 Å². The van der Waals surface area contributed by atoms with Gasteiger partial charge in [0.05, 0.1) is 11.4 Å². The molecule has 0 bridgehead atoms. The maximum absolute atomic E-state index is 13.4. The molecule has 220 valence electrons. The molecular formula is C33H44N4O4. The summed E-state index contributed by atoms with van der Waals surface area (Å²) >= 11 is 0. The number of nitrogens with zero attached hydrogens (tertiary/aromatic N) is 2. The molecule has 1 aromatic heterocycles. The number of ether oxygens (including phenoxy) is 1. The maximum atomic E-state index is 13.4. The lowest BCUT2D eigenvalue weighted by molar-refractivity contribution is -0.122. The predicted molar refractivity (Wildman–Crippen MR) is 164 cm³/mol. The third-order valence-electron chi connectivity index (χ3n) is 8.07. The van der Waals surface area contributed by atoms with Gasteiger partial charge in [-0.2, -0.15) is 0 Å². The molecule has 8 heteroatoms. The first-order chi connectivity index (χ1) is 19.8. The van der Waals surface area contributed by atoms with Crippen LogP contribution in [0.15, 0.2) is 24.3 Å². The number of benzene rings is 1. The zero-order valence-electron chi connectivity index (χ0n) is 25.3. The second-order valence-corrected chi connectivity index (χ2v) is 10.9. The van der Waals surface area contributed by atoms with Gasteiger partial charge in [0.25, 0.3) is 6.47 Å². The SMILES string of the molecule is CC.CC#CC(=O)N(c1ccc(NC)c(C(=N)OC2CCCC3(CC3)C2)n1)c1cc(C)c(C)cc1C1CC1.O=CO. The van der Waals surface area contributed by atoms with E-state index in [1.807, 2.05) is 33.0 Å². The second-order valence-electron chi connectivity index (χ2n) is 10.9. The first-order valence-electron chi connectivity index (χ1n) is 14.7. The van der Waals surface area contributed by atoms with Gasteiger partial charge in [-0.1, -0.05) is 25.8 Å². The third-order valence-corrected chi connectivity index (χ3v) is 8.07. The highest BCUT2D eigenvalue weighted by Gasteiger charge is 2.46. The first-order valence-corrected chi connectivity index (χ1v) is 14.7. The highest BCUT2D eigenvalue weighted by Crippen LogP contribution is 2.56. The number of pyridine rings is 1. The molecular weight excluding hydrogens is 516 g/mol. The van der Waals surface area contributed by atoms with E-state index in [4.69, 9.17) is 25.0 Å². The summed E-state index contributed by atoms with van der Waals surface area (Å²) in [5.74, 6) is 6.11. The van der Waals surface area contributed by atoms with Gasteiger partial charge in [0, 0.05) is 7.05 Å². The molecule has 5 rings (SSSR count). The first kappa shape index (κ1) is 31.7. The van der Waals surface area contributed by atoms with E-state index in [-0.39, 0.29) is 24.4 Å². The lowest BCUT2D eigenvalue weighted by atomic mass is 9.84. The fourth-order valence-electron chi connectivity index (χ4n) is 5.53. The molecule has 1 heterocycles. The Balaban J connectivity index is 0.000000868. The molecule has 1 aromatic carbocycles. The van der Waals surface area contributed by atoms with Gasteiger partial charge in [-0.3, -0.25) is 19.9 Å². The van der Waals surface area contributed by atoms with E-state index in [9.17, 15) is 4.79 Å². The standard InChI is InChI=1S/C30H36N4O2.C2H6.CH2O2/c1-5-7-27(35)34(25-17-20(3)19(2)16-23(25)21-9-10-21)26-12-11-24(32-4)28(33-26)29(31)36-22-8-6-13-30(18-22)14-15-30;1-2;2-1-3/h11-12,16-17,21-22,31-32H,6,8-10,13-15,18H2,1-4H3;1-2H3;1H,(H,2,3). The molecule has 3 aliphatic carbocycles. The van der Waals surface area contributed by atoms with Crippen molar-refractivity contribution in [2.24, 2.45) is 5.41 Å². The minimum absolute atomic E-state index is 0.0498. The average molecular weight is 561 g/mol. The highest BCUT2D eigenvalue weighted by molar-refractivity contribution is 6.11. The second kappa shape index (κ2) is 14.2. The van der Waals surface area contributed by atoms with E-state index in [1.54, 1.807) is 11.8 Å². The molecule has 8 nitrogen and oxygen atoms in total. The Morgan fingerprint density at radius 2 is 1.83 bits per heavy atom. The van der Waals surface area contributed by atoms with Gasteiger partial charge in [-0.05, 0) is 124 Å². The molecule has 3 fully saturated rings. The summed E-state index contributed by atoms with van der Waals surface area (Å²) in [5.41, 5.74) is 5.90. The molecule has 41 heavy (non-hydrogen) atoms. The number of aromatic nitrogens is 1. The summed E-state index contributed by atoms with van der Waals surface area (Å²) in [5, 5.41) is 18.9. The molecule has 2 aromatic rings. The summed E-state index contributed by atoms with van der Waals surface area (Å²) in [7, 11) is 1.81. The number of carbonyl (C=O) groups is 2. The van der Waals surface area contributed by atoms with E-state index in [0.29, 0.717) is 28.5 Å². The Kier molecular flexibility index (Phi) is 10.9. The topological polar surface area (TPSA) is 116 Å². The Morgan fingerprint density at radius 1 is 1.17 bits per heavy atom. The smallest absolute Gasteiger partial charge is 0.308 e. The number of rotatable bonds is 6. The van der Waals surface area contributed by atoms with Crippen molar-refractivity contribution in [1.82, 2.24) is 4.98 Å². The molecule has 1 unspecified atom stereocenters. The van der Waals surface area contributed by atoms with E-state index >= 15 is 0 Å². The monoisotopic (exact) mass is 560 g/mol. The Labute approximate surface area is 244 Å². The molecule has 0 aliphatic heterocycles. The minimum Gasteiger partial charge on any atom is -0.483 e. The van der Waals surface area contributed by atoms with Crippen molar-refractivity contribution in [1.29, 1.82) is 5.41 Å². The zero-order chi connectivity index (χ0) is 30.2. The number of carbonyl (C=O) groups excluding carboxylic acids is 1. The number of nitrogens with one attached hydrogen (secondary N) is 2. The van der Waals surface area contributed by atoms with Crippen LogP contribution >= 0.6 is 0 Å². The van der Waals surface area contributed by atoms with Crippen LogP contribution in [0.4, 0.5) is 17.2 Å². The highest BCUT2D eigenvalue weighted by atomic mass is 16.5. The molecule has 0 radical (unpaired) electrons. The van der Waals surface area contributed by atoms with Crippen molar-refractivity contribution in [3.05, 3.63) is 46.6 Å². The Bertz CT molecular complexity index is 1320. The number of amides is 1. The number of hydrogen-bond donors (Lipinski definition) is 3. The fraction of sp³-hybridized carbons (Fsp3) is 0.515. The molecule has 0 saturated heterocycles. The largest absolute Gasteiger partial charge is 0.483 e. The van der Waals surface area contributed by atoms with Crippen LogP contribution in [0.5, 0.6) is 0 Å². The van der Waals surface area contributed by atoms with Crippen LogP contribution in [0, 0.1) is 36.5 Å². The summed E-state index contributed by atoms with van der Waals surface area (Å²) in [6.07, 6.45) is 9.29. The van der Waals surface area contributed by atoms with Crippen LogP contribution in [0.2, 0.25) is 0 Å². The van der Waals surface area contributed by atoms with E-state index in [1.165, 1.54) is 24.8 Å². The summed E-state index contributed by atoms with van der Waals surface area (Å²) in [4.78, 5) is 28.2. The average Bonchev–Trinajstić information content (AvgIpc) is 3.90. The molecule has 1 amide bonds. The van der Waals surface area contributed by atoms with Gasteiger partial charge in [-0.15, -0.1) is 0 Å². The molecule has 1 atom stereocenters. The number of carboxylic acid groups (broad SMARTS) is 1. The van der Waals surface area contributed by atoms with Crippen LogP contribution in [0.3, 0.4) is 0 Å². The van der Waals surface area contributed by atoms with E-state index < -0.39 is 0 Å². The van der Waals surface area contributed by atoms with Crippen LogP contribution in [0.1, 0.15) is 100 Å². The number of hydrogen-bond acceptors (Lipinski definition) is 6. The number of aryl methyl sites for hydroxylation is 2. The lowest BCUT2D eigenvalue weighted by Gasteiger charge is -2.30. The number of anilines is 3. The minimum atomic E-state index is -0.325. The van der Waals surface area contributed by atoms with E-state index in [0.717, 1.165) is 48.9 Å². The van der Waals surface area contributed by atoms with Gasteiger partial charge in [0.2, 0.25) is 5.90 Å². The van der Waals surface area contributed by atoms with Crippen LogP contribution in [-0.2, 0) is 14.3 Å². The van der Waals surface area contributed by atoms with E-state index in [2.05, 4.69) is 43.1 Å². The van der Waals surface area contributed by atoms with Crippen molar-refractivity contribution in [2.45, 2.75) is 98.0 Å². The summed E-state index contributed by atoms with van der Waals surface area (Å²) < 4.78 is 6.20. The quantitative estimate of drug-likeness (QED) is 0.150.